The van der Waals surface area contributed by atoms with Crippen molar-refractivity contribution in [3.05, 3.63) is 36.0 Å². The average molecular weight is 343 g/mol. The molecule has 0 unspecified atom stereocenters. The van der Waals surface area contributed by atoms with E-state index in [-0.39, 0.29) is 11.5 Å². The highest BCUT2D eigenvalue weighted by Gasteiger charge is 2.18. The number of carboxylic acid groups (broad SMARTS) is 1. The highest BCUT2D eigenvalue weighted by atomic mass is 16.5. The van der Waals surface area contributed by atoms with Gasteiger partial charge in [-0.2, -0.15) is 0 Å². The van der Waals surface area contributed by atoms with E-state index in [2.05, 4.69) is 19.5 Å². The molecule has 2 heterocycles. The van der Waals surface area contributed by atoms with Crippen molar-refractivity contribution < 1.29 is 19.4 Å². The summed E-state index contributed by atoms with van der Waals surface area (Å²) < 4.78 is 4.68. The number of ether oxygens (including phenoxy) is 1. The van der Waals surface area contributed by atoms with Crippen molar-refractivity contribution in [2.24, 2.45) is 0 Å². The topological polar surface area (TPSA) is 83.0 Å². The lowest BCUT2D eigenvalue weighted by Crippen LogP contribution is -2.47. The predicted molar refractivity (Wildman–Crippen MR) is 94.0 cm³/mol. The second kappa shape index (κ2) is 7.48. The van der Waals surface area contributed by atoms with Crippen molar-refractivity contribution in [1.82, 2.24) is 9.88 Å². The van der Waals surface area contributed by atoms with Crippen LogP contribution in [0.2, 0.25) is 0 Å². The smallest absolute Gasteiger partial charge is 0.337 e. The SMILES string of the molecule is COC(=O)CCN1CCN(c2ccc3cc(C(=O)O)cnc3c2)CC1. The number of fused-ring (bicyclic) bond motifs is 1. The van der Waals surface area contributed by atoms with E-state index in [4.69, 9.17) is 5.11 Å². The third-order valence-electron chi connectivity index (χ3n) is 4.51. The van der Waals surface area contributed by atoms with Crippen molar-refractivity contribution in [2.45, 2.75) is 6.42 Å². The fraction of sp³-hybridized carbons (Fsp3) is 0.389. The fourth-order valence-electron chi connectivity index (χ4n) is 3.00. The number of carbonyl (C=O) groups is 2. The molecule has 0 aliphatic carbocycles. The number of anilines is 1. The Morgan fingerprint density at radius 3 is 2.64 bits per heavy atom. The van der Waals surface area contributed by atoms with Crippen LogP contribution in [0.3, 0.4) is 0 Å². The Hall–Kier alpha value is -2.67. The van der Waals surface area contributed by atoms with E-state index < -0.39 is 5.97 Å². The highest BCUT2D eigenvalue weighted by molar-refractivity contribution is 5.93. The summed E-state index contributed by atoms with van der Waals surface area (Å²) >= 11 is 0. The molecule has 3 rings (SSSR count). The molecule has 0 atom stereocenters. The molecule has 0 amide bonds. The van der Waals surface area contributed by atoms with Gasteiger partial charge < -0.3 is 14.7 Å². The molecule has 1 saturated heterocycles. The van der Waals surface area contributed by atoms with Crippen molar-refractivity contribution in [3.8, 4) is 0 Å². The van der Waals surface area contributed by atoms with E-state index in [0.29, 0.717) is 6.42 Å². The Bertz CT molecular complexity index is 785. The molecule has 1 aliphatic heterocycles. The molecule has 25 heavy (non-hydrogen) atoms. The highest BCUT2D eigenvalue weighted by Crippen LogP contribution is 2.22. The zero-order valence-corrected chi connectivity index (χ0v) is 14.1. The maximum atomic E-state index is 11.2. The van der Waals surface area contributed by atoms with Crippen LogP contribution < -0.4 is 4.90 Å². The molecule has 1 aromatic carbocycles. The molecule has 1 N–H and O–H groups in total. The van der Waals surface area contributed by atoms with Crippen molar-refractivity contribution >= 4 is 28.5 Å². The Labute approximate surface area is 145 Å². The van der Waals surface area contributed by atoms with Gasteiger partial charge in [0.15, 0.2) is 0 Å². The number of carbonyl (C=O) groups excluding carboxylic acids is 1. The van der Waals surface area contributed by atoms with E-state index >= 15 is 0 Å². The van der Waals surface area contributed by atoms with Crippen LogP contribution in [0.5, 0.6) is 0 Å². The molecule has 132 valence electrons. The number of hydrogen-bond acceptors (Lipinski definition) is 6. The molecule has 7 heteroatoms. The molecule has 0 radical (unpaired) electrons. The normalized spacial score (nSPS) is 15.3. The van der Waals surface area contributed by atoms with E-state index in [1.807, 2.05) is 18.2 Å². The molecule has 0 spiro atoms. The number of benzene rings is 1. The van der Waals surface area contributed by atoms with Gasteiger partial charge in [-0.1, -0.05) is 6.07 Å². The van der Waals surface area contributed by atoms with Crippen LogP contribution >= 0.6 is 0 Å². The van der Waals surface area contributed by atoms with Gasteiger partial charge in [-0.25, -0.2) is 4.79 Å². The monoisotopic (exact) mass is 343 g/mol. The first kappa shape index (κ1) is 17.2. The van der Waals surface area contributed by atoms with Crippen LogP contribution in [0.4, 0.5) is 5.69 Å². The third kappa shape index (κ3) is 4.06. The van der Waals surface area contributed by atoms with Gasteiger partial charge in [0.25, 0.3) is 0 Å². The van der Waals surface area contributed by atoms with Crippen LogP contribution in [0.25, 0.3) is 10.9 Å². The standard InChI is InChI=1S/C18H21N3O4/c1-25-17(22)4-5-20-6-8-21(9-7-20)15-3-2-13-10-14(18(23)24)12-19-16(13)11-15/h2-3,10-12H,4-9H2,1H3,(H,23,24). The Kier molecular flexibility index (Phi) is 5.14. The minimum Gasteiger partial charge on any atom is -0.478 e. The molecule has 0 bridgehead atoms. The van der Waals surface area contributed by atoms with E-state index in [1.54, 1.807) is 6.07 Å². The van der Waals surface area contributed by atoms with Gasteiger partial charge in [-0.3, -0.25) is 14.7 Å². The van der Waals surface area contributed by atoms with E-state index in [0.717, 1.165) is 49.3 Å². The minimum atomic E-state index is -0.971. The lowest BCUT2D eigenvalue weighted by atomic mass is 10.1. The van der Waals surface area contributed by atoms with Crippen LogP contribution in [0, 0.1) is 0 Å². The number of hydrogen-bond donors (Lipinski definition) is 1. The summed E-state index contributed by atoms with van der Waals surface area (Å²) in [7, 11) is 1.41. The van der Waals surface area contributed by atoms with Crippen LogP contribution in [0.15, 0.2) is 30.5 Å². The second-order valence-corrected chi connectivity index (χ2v) is 6.06. The maximum absolute atomic E-state index is 11.2. The Morgan fingerprint density at radius 1 is 1.20 bits per heavy atom. The Morgan fingerprint density at radius 2 is 1.96 bits per heavy atom. The van der Waals surface area contributed by atoms with Gasteiger partial charge in [-0.05, 0) is 18.2 Å². The summed E-state index contributed by atoms with van der Waals surface area (Å²) in [6.45, 7) is 4.25. The molecule has 0 saturated carbocycles. The lowest BCUT2D eigenvalue weighted by Gasteiger charge is -2.36. The van der Waals surface area contributed by atoms with Crippen LogP contribution in [-0.4, -0.2) is 66.8 Å². The van der Waals surface area contributed by atoms with Gasteiger partial charge in [0.2, 0.25) is 0 Å². The number of aromatic carboxylic acids is 1. The molecule has 1 aliphatic rings. The summed E-state index contributed by atoms with van der Waals surface area (Å²) in [5, 5.41) is 9.86. The first-order valence-electron chi connectivity index (χ1n) is 8.24. The van der Waals surface area contributed by atoms with Crippen LogP contribution in [-0.2, 0) is 9.53 Å². The van der Waals surface area contributed by atoms with E-state index in [1.165, 1.54) is 13.3 Å². The van der Waals surface area contributed by atoms with E-state index in [9.17, 15) is 9.59 Å². The largest absolute Gasteiger partial charge is 0.478 e. The minimum absolute atomic E-state index is 0.177. The summed E-state index contributed by atoms with van der Waals surface area (Å²) in [4.78, 5) is 31.0. The number of esters is 1. The summed E-state index contributed by atoms with van der Waals surface area (Å²) in [6.07, 6.45) is 1.81. The van der Waals surface area contributed by atoms with Crippen molar-refractivity contribution in [2.75, 3.05) is 44.7 Å². The molecular weight excluding hydrogens is 322 g/mol. The zero-order chi connectivity index (χ0) is 17.8. The first-order chi connectivity index (χ1) is 12.1. The predicted octanol–water partition coefficient (Wildman–Crippen LogP) is 1.62. The number of piperazine rings is 1. The van der Waals surface area contributed by atoms with Gasteiger partial charge in [0.05, 0.1) is 24.6 Å². The maximum Gasteiger partial charge on any atom is 0.337 e. The van der Waals surface area contributed by atoms with Gasteiger partial charge in [0, 0.05) is 50.0 Å². The number of methoxy groups -OCH3 is 1. The summed E-state index contributed by atoms with van der Waals surface area (Å²) in [5.41, 5.74) is 2.06. The average Bonchev–Trinajstić information content (AvgIpc) is 2.65. The molecular formula is C18H21N3O4. The zero-order valence-electron chi connectivity index (χ0n) is 14.1. The van der Waals surface area contributed by atoms with Crippen LogP contribution in [0.1, 0.15) is 16.8 Å². The summed E-state index contributed by atoms with van der Waals surface area (Å²) in [5.74, 6) is -1.15. The fourth-order valence-corrected chi connectivity index (χ4v) is 3.00. The number of rotatable bonds is 5. The molecule has 2 aromatic rings. The first-order valence-corrected chi connectivity index (χ1v) is 8.24. The molecule has 7 nitrogen and oxygen atoms in total. The molecule has 1 aromatic heterocycles. The van der Waals surface area contributed by atoms with Gasteiger partial charge in [0.1, 0.15) is 0 Å². The van der Waals surface area contributed by atoms with Gasteiger partial charge in [-0.15, -0.1) is 0 Å². The number of aromatic nitrogens is 1. The Balaban J connectivity index is 1.64. The third-order valence-corrected chi connectivity index (χ3v) is 4.51. The quantitative estimate of drug-likeness (QED) is 0.826. The number of nitrogens with zero attached hydrogens (tertiary/aromatic N) is 3. The van der Waals surface area contributed by atoms with Crippen molar-refractivity contribution in [3.63, 3.8) is 0 Å². The van der Waals surface area contributed by atoms with Crippen molar-refractivity contribution in [1.29, 1.82) is 0 Å². The summed E-state index contributed by atoms with van der Waals surface area (Å²) in [6, 6.07) is 7.54. The second-order valence-electron chi connectivity index (χ2n) is 6.06. The number of pyridine rings is 1. The lowest BCUT2D eigenvalue weighted by molar-refractivity contribution is -0.141. The molecule has 1 fully saturated rings. The van der Waals surface area contributed by atoms with Gasteiger partial charge >= 0.3 is 11.9 Å². The number of carboxylic acids is 1.